The molecule has 0 bridgehead atoms. The summed E-state index contributed by atoms with van der Waals surface area (Å²) in [4.78, 5) is 11.2. The third kappa shape index (κ3) is 3.97. The summed E-state index contributed by atoms with van der Waals surface area (Å²) in [7, 11) is 0. The molecule has 0 N–H and O–H groups in total. The first kappa shape index (κ1) is 31.7. The fourth-order valence-corrected chi connectivity index (χ4v) is 12.0. The SMILES string of the molecule is c1ccc(-c2nc(-n3c4cccc5c4c4c6c(cccc6c(-c6ccc7ccccc7c6)cc43)C53c4ccccc4-c4ccccc43)nc3c2sc2ccccc23)cc1. The molecule has 59 heavy (non-hydrogen) atoms. The van der Waals surface area contributed by atoms with Gasteiger partial charge in [-0.25, -0.2) is 9.97 Å². The van der Waals surface area contributed by atoms with E-state index in [1.165, 1.54) is 81.5 Å². The maximum absolute atomic E-state index is 5.60. The minimum Gasteiger partial charge on any atom is -0.278 e. The number of hydrogen-bond acceptors (Lipinski definition) is 3. The van der Waals surface area contributed by atoms with E-state index in [4.69, 9.17) is 9.97 Å². The molecule has 0 amide bonds. The Bertz CT molecular complexity index is 3750. The predicted molar refractivity (Wildman–Crippen MR) is 246 cm³/mol. The van der Waals surface area contributed by atoms with E-state index >= 15 is 0 Å². The van der Waals surface area contributed by atoms with Gasteiger partial charge in [0.25, 0.3) is 0 Å². The normalized spacial score (nSPS) is 13.6. The second-order valence-corrected chi connectivity index (χ2v) is 17.1. The Morgan fingerprint density at radius 2 is 1.08 bits per heavy atom. The van der Waals surface area contributed by atoms with Crippen molar-refractivity contribution in [2.75, 3.05) is 0 Å². The molecule has 0 unspecified atom stereocenters. The zero-order chi connectivity index (χ0) is 38.4. The number of hydrogen-bond donors (Lipinski definition) is 0. The number of nitrogens with zero attached hydrogens (tertiary/aromatic N) is 3. The molecule has 12 aromatic rings. The van der Waals surface area contributed by atoms with Gasteiger partial charge in [-0.2, -0.15) is 0 Å². The minimum atomic E-state index is -0.524. The maximum atomic E-state index is 5.60. The molecule has 0 atom stereocenters. The van der Waals surface area contributed by atoms with Gasteiger partial charge in [-0.3, -0.25) is 4.57 Å². The summed E-state index contributed by atoms with van der Waals surface area (Å²) < 4.78 is 4.69. The Hall–Kier alpha value is -7.40. The molecule has 2 aliphatic carbocycles. The van der Waals surface area contributed by atoms with E-state index in [-0.39, 0.29) is 0 Å². The van der Waals surface area contributed by atoms with Crippen molar-refractivity contribution in [1.82, 2.24) is 14.5 Å². The minimum absolute atomic E-state index is 0.524. The van der Waals surface area contributed by atoms with E-state index in [2.05, 4.69) is 193 Å². The molecule has 14 rings (SSSR count). The summed E-state index contributed by atoms with van der Waals surface area (Å²) in [6.07, 6.45) is 0. The first-order chi connectivity index (χ1) is 29.3. The molecule has 272 valence electrons. The first-order valence-electron chi connectivity index (χ1n) is 20.2. The van der Waals surface area contributed by atoms with Crippen molar-refractivity contribution >= 4 is 75.0 Å². The lowest BCUT2D eigenvalue weighted by Crippen LogP contribution is -2.30. The molecule has 3 nitrogen and oxygen atoms in total. The Balaban J connectivity index is 1.20. The van der Waals surface area contributed by atoms with Crippen molar-refractivity contribution < 1.29 is 0 Å². The van der Waals surface area contributed by atoms with Crippen LogP contribution in [0.2, 0.25) is 0 Å². The molecular formula is C55H31N3S. The van der Waals surface area contributed by atoms with Gasteiger partial charge in [-0.15, -0.1) is 11.3 Å². The van der Waals surface area contributed by atoms with Crippen LogP contribution in [0.1, 0.15) is 22.3 Å². The van der Waals surface area contributed by atoms with Gasteiger partial charge in [0.05, 0.1) is 32.4 Å². The summed E-state index contributed by atoms with van der Waals surface area (Å²) >= 11 is 1.77. The summed E-state index contributed by atoms with van der Waals surface area (Å²) in [5.41, 5.74) is 15.0. The maximum Gasteiger partial charge on any atom is 0.235 e. The standard InChI is InChI=1S/C55H31N3S/c1-2-15-33(16-3-1)51-53-52(39-20-8-11-27-47(39)59-53)57-54(56-51)58-45-26-13-25-44-49(45)50-46(58)31-40(35-29-28-32-14-4-5-17-34(32)30-35)38-21-12-24-43(48(38)50)55(44)41-22-9-6-18-36(41)37-19-7-10-23-42(37)55/h1-31H. The highest BCUT2D eigenvalue weighted by atomic mass is 32.1. The van der Waals surface area contributed by atoms with Gasteiger partial charge in [-0.1, -0.05) is 164 Å². The average Bonchev–Trinajstić information content (AvgIpc) is 3.95. The van der Waals surface area contributed by atoms with Crippen molar-refractivity contribution in [3.63, 3.8) is 0 Å². The molecule has 1 spiro atoms. The second-order valence-electron chi connectivity index (χ2n) is 16.0. The summed E-state index contributed by atoms with van der Waals surface area (Å²) in [5.74, 6) is 0.682. The fraction of sp³-hybridized carbons (Fsp3) is 0.0182. The smallest absolute Gasteiger partial charge is 0.235 e. The lowest BCUT2D eigenvalue weighted by Gasteiger charge is -2.38. The van der Waals surface area contributed by atoms with Gasteiger partial charge in [-0.05, 0) is 90.3 Å². The van der Waals surface area contributed by atoms with Gasteiger partial charge in [0, 0.05) is 26.4 Å². The molecular weight excluding hydrogens is 735 g/mol. The molecule has 3 aromatic heterocycles. The van der Waals surface area contributed by atoms with Crippen LogP contribution in [0.4, 0.5) is 0 Å². The number of thiophene rings is 1. The lowest BCUT2D eigenvalue weighted by molar-refractivity contribution is 0.783. The topological polar surface area (TPSA) is 30.7 Å². The second kappa shape index (κ2) is 11.4. The molecule has 0 radical (unpaired) electrons. The highest BCUT2D eigenvalue weighted by molar-refractivity contribution is 7.26. The van der Waals surface area contributed by atoms with Crippen LogP contribution in [0.5, 0.6) is 0 Å². The van der Waals surface area contributed by atoms with Gasteiger partial charge >= 0.3 is 0 Å². The number of benzene rings is 9. The van der Waals surface area contributed by atoms with Crippen LogP contribution in [-0.4, -0.2) is 14.5 Å². The summed E-state index contributed by atoms with van der Waals surface area (Å²) in [5, 5.41) is 8.70. The van der Waals surface area contributed by atoms with Crippen LogP contribution < -0.4 is 0 Å². The van der Waals surface area contributed by atoms with Crippen LogP contribution in [-0.2, 0) is 5.41 Å². The summed E-state index contributed by atoms with van der Waals surface area (Å²) in [6.45, 7) is 0. The van der Waals surface area contributed by atoms with Gasteiger partial charge in [0.15, 0.2) is 0 Å². The molecule has 3 heterocycles. The molecule has 2 aliphatic rings. The highest BCUT2D eigenvalue weighted by Gasteiger charge is 2.50. The Labute approximate surface area is 343 Å². The van der Waals surface area contributed by atoms with E-state index in [9.17, 15) is 0 Å². The van der Waals surface area contributed by atoms with E-state index in [1.807, 2.05) is 0 Å². The molecule has 4 heteroatoms. The lowest BCUT2D eigenvalue weighted by atomic mass is 9.63. The van der Waals surface area contributed by atoms with Crippen LogP contribution >= 0.6 is 11.3 Å². The van der Waals surface area contributed by atoms with Crippen molar-refractivity contribution in [3.05, 3.63) is 210 Å². The van der Waals surface area contributed by atoms with Gasteiger partial charge in [0.2, 0.25) is 5.95 Å². The first-order valence-corrected chi connectivity index (χ1v) is 21.1. The van der Waals surface area contributed by atoms with Crippen molar-refractivity contribution in [2.24, 2.45) is 0 Å². The van der Waals surface area contributed by atoms with Crippen LogP contribution in [0.15, 0.2) is 188 Å². The number of rotatable bonds is 3. The van der Waals surface area contributed by atoms with Gasteiger partial charge in [0.1, 0.15) is 0 Å². The zero-order valence-corrected chi connectivity index (χ0v) is 32.5. The largest absolute Gasteiger partial charge is 0.278 e. The Kier molecular flexibility index (Phi) is 6.10. The monoisotopic (exact) mass is 765 g/mol. The predicted octanol–water partition coefficient (Wildman–Crippen LogP) is 14.3. The zero-order valence-electron chi connectivity index (χ0n) is 31.6. The quantitative estimate of drug-likeness (QED) is 0.179. The van der Waals surface area contributed by atoms with Crippen molar-refractivity contribution in [3.8, 4) is 39.5 Å². The van der Waals surface area contributed by atoms with Crippen molar-refractivity contribution in [2.45, 2.75) is 5.41 Å². The Morgan fingerprint density at radius 1 is 0.424 bits per heavy atom. The molecule has 0 saturated carbocycles. The fourth-order valence-electron chi connectivity index (χ4n) is 10.9. The molecule has 0 saturated heterocycles. The number of fused-ring (bicyclic) bond motifs is 11. The van der Waals surface area contributed by atoms with E-state index < -0.39 is 5.41 Å². The van der Waals surface area contributed by atoms with Crippen molar-refractivity contribution in [1.29, 1.82) is 0 Å². The number of aromatic nitrogens is 3. The van der Waals surface area contributed by atoms with E-state index in [1.54, 1.807) is 11.3 Å². The summed E-state index contributed by atoms with van der Waals surface area (Å²) in [6, 6.07) is 69.4. The van der Waals surface area contributed by atoms with Gasteiger partial charge < -0.3 is 0 Å². The average molecular weight is 766 g/mol. The van der Waals surface area contributed by atoms with Crippen LogP contribution in [0, 0.1) is 0 Å². The molecule has 0 fully saturated rings. The van der Waals surface area contributed by atoms with Crippen LogP contribution in [0.3, 0.4) is 0 Å². The van der Waals surface area contributed by atoms with E-state index in [0.29, 0.717) is 5.95 Å². The Morgan fingerprint density at radius 3 is 1.92 bits per heavy atom. The van der Waals surface area contributed by atoms with Crippen LogP contribution in [0.25, 0.3) is 103 Å². The third-order valence-electron chi connectivity index (χ3n) is 13.2. The third-order valence-corrected chi connectivity index (χ3v) is 14.4. The molecule has 0 aliphatic heterocycles. The molecule has 9 aromatic carbocycles. The highest BCUT2D eigenvalue weighted by Crippen LogP contribution is 2.62. The van der Waals surface area contributed by atoms with E-state index in [0.717, 1.165) is 37.9 Å².